The van der Waals surface area contributed by atoms with E-state index in [9.17, 15) is 13.2 Å². The number of rotatable bonds is 10. The second-order valence-electron chi connectivity index (χ2n) is 7.02. The minimum atomic E-state index is -4.58. The Morgan fingerprint density at radius 1 is 1.14 bits per heavy atom. The van der Waals surface area contributed by atoms with Crippen LogP contribution in [0.5, 0.6) is 11.6 Å². The summed E-state index contributed by atoms with van der Waals surface area (Å²) in [7, 11) is 1.68. The molecule has 8 heteroatoms. The first-order valence-electron chi connectivity index (χ1n) is 9.79. The van der Waals surface area contributed by atoms with Crippen molar-refractivity contribution in [2.45, 2.75) is 58.7 Å². The number of aromatic nitrogens is 2. The van der Waals surface area contributed by atoms with Crippen molar-refractivity contribution in [3.05, 3.63) is 36.0 Å². The summed E-state index contributed by atoms with van der Waals surface area (Å²) in [5.41, 5.74) is -0.279. The maximum Gasteiger partial charge on any atom is 0.423 e. The number of alkyl halides is 3. The van der Waals surface area contributed by atoms with Crippen LogP contribution in [-0.4, -0.2) is 29.7 Å². The van der Waals surface area contributed by atoms with Crippen molar-refractivity contribution in [2.24, 2.45) is 0 Å². The lowest BCUT2D eigenvalue weighted by Crippen LogP contribution is -2.17. The van der Waals surface area contributed by atoms with E-state index in [1.165, 1.54) is 0 Å². The van der Waals surface area contributed by atoms with Crippen LogP contribution < -0.4 is 14.4 Å². The summed E-state index contributed by atoms with van der Waals surface area (Å²) in [4.78, 5) is 9.55. The summed E-state index contributed by atoms with van der Waals surface area (Å²) in [6.07, 6.45) is -0.175. The van der Waals surface area contributed by atoms with E-state index in [1.54, 1.807) is 30.1 Å². The zero-order valence-electron chi connectivity index (χ0n) is 17.3. The van der Waals surface area contributed by atoms with Gasteiger partial charge in [-0.05, 0) is 32.4 Å². The van der Waals surface area contributed by atoms with Gasteiger partial charge in [0.1, 0.15) is 11.3 Å². The van der Waals surface area contributed by atoms with Gasteiger partial charge in [0.2, 0.25) is 11.8 Å². The van der Waals surface area contributed by atoms with Crippen LogP contribution in [0.4, 0.5) is 24.8 Å². The highest BCUT2D eigenvalue weighted by Crippen LogP contribution is 2.36. The molecule has 0 N–H and O–H groups in total. The van der Waals surface area contributed by atoms with Crippen molar-refractivity contribution < 1.29 is 22.6 Å². The third-order valence-electron chi connectivity index (χ3n) is 4.16. The largest absolute Gasteiger partial charge is 0.491 e. The van der Waals surface area contributed by atoms with Gasteiger partial charge in [-0.25, -0.2) is 4.98 Å². The Labute approximate surface area is 169 Å². The molecule has 1 heterocycles. The standard InChI is InChI=1S/C21H28F3N3O2/c1-5-6-7-8-12-28-19-18(21(22,23)24)14-25-20(26-19)27(4)16-10-9-11-17(13-16)29-15(2)3/h9-11,13-15H,5-8,12H2,1-4H3. The lowest BCUT2D eigenvalue weighted by atomic mass is 10.2. The normalized spacial score (nSPS) is 11.6. The van der Waals surface area contributed by atoms with Crippen LogP contribution in [-0.2, 0) is 6.18 Å². The Morgan fingerprint density at radius 3 is 2.55 bits per heavy atom. The van der Waals surface area contributed by atoms with Gasteiger partial charge in [0.05, 0.1) is 12.7 Å². The van der Waals surface area contributed by atoms with Crippen molar-refractivity contribution in [2.75, 3.05) is 18.6 Å². The quantitative estimate of drug-likeness (QED) is 0.448. The highest BCUT2D eigenvalue weighted by Gasteiger charge is 2.36. The smallest absolute Gasteiger partial charge is 0.423 e. The molecule has 0 radical (unpaired) electrons. The molecule has 2 rings (SSSR count). The molecule has 29 heavy (non-hydrogen) atoms. The Bertz CT molecular complexity index is 782. The zero-order chi connectivity index (χ0) is 21.4. The SMILES string of the molecule is CCCCCCOc1nc(N(C)c2cccc(OC(C)C)c2)ncc1C(F)(F)F. The van der Waals surface area contributed by atoms with E-state index in [0.29, 0.717) is 17.9 Å². The number of anilines is 2. The molecule has 0 unspecified atom stereocenters. The summed E-state index contributed by atoms with van der Waals surface area (Å²) < 4.78 is 51.0. The van der Waals surface area contributed by atoms with Crippen LogP contribution >= 0.6 is 0 Å². The molecular formula is C21H28F3N3O2. The predicted octanol–water partition coefficient (Wildman–Crippen LogP) is 6.01. The molecule has 0 fully saturated rings. The molecule has 0 saturated heterocycles. The lowest BCUT2D eigenvalue weighted by Gasteiger charge is -2.20. The van der Waals surface area contributed by atoms with Crippen LogP contribution in [0.15, 0.2) is 30.5 Å². The summed E-state index contributed by atoms with van der Waals surface area (Å²) in [5.74, 6) is 0.326. The average Bonchev–Trinajstić information content (AvgIpc) is 2.66. The van der Waals surface area contributed by atoms with E-state index in [4.69, 9.17) is 9.47 Å². The van der Waals surface area contributed by atoms with Crippen LogP contribution in [0.3, 0.4) is 0 Å². The summed E-state index contributed by atoms with van der Waals surface area (Å²) in [6, 6.07) is 7.21. The van der Waals surface area contributed by atoms with Crippen molar-refractivity contribution in [1.29, 1.82) is 0 Å². The van der Waals surface area contributed by atoms with Crippen molar-refractivity contribution in [1.82, 2.24) is 9.97 Å². The van der Waals surface area contributed by atoms with Gasteiger partial charge >= 0.3 is 6.18 Å². The summed E-state index contributed by atoms with van der Waals surface area (Å²) in [6.45, 7) is 6.08. The van der Waals surface area contributed by atoms with Crippen LogP contribution in [0.2, 0.25) is 0 Å². The highest BCUT2D eigenvalue weighted by atomic mass is 19.4. The minimum absolute atomic E-state index is 0.00517. The summed E-state index contributed by atoms with van der Waals surface area (Å²) in [5, 5.41) is 0. The number of benzene rings is 1. The van der Waals surface area contributed by atoms with Gasteiger partial charge in [0, 0.05) is 25.0 Å². The maximum absolute atomic E-state index is 13.3. The van der Waals surface area contributed by atoms with E-state index in [0.717, 1.165) is 25.5 Å². The fraction of sp³-hybridized carbons (Fsp3) is 0.524. The molecule has 0 amide bonds. The number of ether oxygens (including phenoxy) is 2. The molecule has 0 aliphatic rings. The number of nitrogens with zero attached hydrogens (tertiary/aromatic N) is 3. The van der Waals surface area contributed by atoms with Crippen LogP contribution in [0.25, 0.3) is 0 Å². The van der Waals surface area contributed by atoms with Gasteiger partial charge in [-0.15, -0.1) is 0 Å². The molecule has 0 aliphatic carbocycles. The zero-order valence-corrected chi connectivity index (χ0v) is 17.3. The Balaban J connectivity index is 2.24. The van der Waals surface area contributed by atoms with Crippen LogP contribution in [0.1, 0.15) is 52.0 Å². The Hall–Kier alpha value is -2.51. The number of halogens is 3. The monoisotopic (exact) mass is 411 g/mol. The van der Waals surface area contributed by atoms with Gasteiger partial charge < -0.3 is 14.4 Å². The van der Waals surface area contributed by atoms with E-state index in [1.807, 2.05) is 19.9 Å². The first-order valence-corrected chi connectivity index (χ1v) is 9.79. The fourth-order valence-corrected chi connectivity index (χ4v) is 2.67. The highest BCUT2D eigenvalue weighted by molar-refractivity contribution is 5.59. The fourth-order valence-electron chi connectivity index (χ4n) is 2.67. The molecule has 1 aromatic heterocycles. The predicted molar refractivity (Wildman–Crippen MR) is 107 cm³/mol. The molecule has 1 aromatic carbocycles. The molecule has 0 saturated carbocycles. The maximum atomic E-state index is 13.3. The third-order valence-corrected chi connectivity index (χ3v) is 4.16. The van der Waals surface area contributed by atoms with E-state index < -0.39 is 17.6 Å². The molecule has 0 spiro atoms. The molecule has 0 atom stereocenters. The summed E-state index contributed by atoms with van der Waals surface area (Å²) >= 11 is 0. The van der Waals surface area contributed by atoms with Gasteiger partial charge in [-0.2, -0.15) is 18.2 Å². The second-order valence-corrected chi connectivity index (χ2v) is 7.02. The Morgan fingerprint density at radius 2 is 1.90 bits per heavy atom. The van der Waals surface area contributed by atoms with E-state index >= 15 is 0 Å². The van der Waals surface area contributed by atoms with Crippen molar-refractivity contribution in [3.63, 3.8) is 0 Å². The topological polar surface area (TPSA) is 47.5 Å². The average molecular weight is 411 g/mol. The molecule has 160 valence electrons. The van der Waals surface area contributed by atoms with Gasteiger partial charge in [-0.1, -0.05) is 32.3 Å². The molecule has 0 aliphatic heterocycles. The Kier molecular flexibility index (Phi) is 8.10. The lowest BCUT2D eigenvalue weighted by molar-refractivity contribution is -0.139. The number of hydrogen-bond acceptors (Lipinski definition) is 5. The molecular weight excluding hydrogens is 383 g/mol. The van der Waals surface area contributed by atoms with Crippen molar-refractivity contribution in [3.8, 4) is 11.6 Å². The first-order chi connectivity index (χ1) is 13.7. The molecule has 5 nitrogen and oxygen atoms in total. The van der Waals surface area contributed by atoms with Gasteiger partial charge in [0.15, 0.2) is 0 Å². The number of unbranched alkanes of at least 4 members (excludes halogenated alkanes) is 3. The second kappa shape index (κ2) is 10.3. The van der Waals surface area contributed by atoms with E-state index in [2.05, 4.69) is 16.9 Å². The van der Waals surface area contributed by atoms with E-state index in [-0.39, 0.29) is 18.7 Å². The molecule has 0 bridgehead atoms. The van der Waals surface area contributed by atoms with Crippen LogP contribution in [0, 0.1) is 0 Å². The van der Waals surface area contributed by atoms with Gasteiger partial charge in [0.25, 0.3) is 0 Å². The number of hydrogen-bond donors (Lipinski definition) is 0. The molecule has 2 aromatic rings. The third kappa shape index (κ3) is 6.80. The minimum Gasteiger partial charge on any atom is -0.491 e. The van der Waals surface area contributed by atoms with Crippen molar-refractivity contribution >= 4 is 11.6 Å². The van der Waals surface area contributed by atoms with Gasteiger partial charge in [-0.3, -0.25) is 0 Å². The first kappa shape index (κ1) is 22.8.